The van der Waals surface area contributed by atoms with Crippen LogP contribution in [-0.4, -0.2) is 23.5 Å². The highest BCUT2D eigenvalue weighted by Gasteiger charge is 2.16. The van der Waals surface area contributed by atoms with Gasteiger partial charge in [0.05, 0.1) is 9.40 Å². The summed E-state index contributed by atoms with van der Waals surface area (Å²) < 4.78 is 5.49. The number of carbonyl (C=O) groups is 1. The molecule has 7 heteroatoms. The lowest BCUT2D eigenvalue weighted by Gasteiger charge is -2.12. The third-order valence-electron chi connectivity index (χ3n) is 2.20. The molecule has 0 aliphatic heterocycles. The fourth-order valence-corrected chi connectivity index (χ4v) is 1.69. The summed E-state index contributed by atoms with van der Waals surface area (Å²) in [5.74, 6) is -0.339. The van der Waals surface area contributed by atoms with Gasteiger partial charge in [0.1, 0.15) is 6.10 Å². The van der Waals surface area contributed by atoms with Crippen LogP contribution in [0.3, 0.4) is 0 Å². The Morgan fingerprint density at radius 3 is 2.83 bits per heavy atom. The second-order valence-electron chi connectivity index (χ2n) is 3.51. The Labute approximate surface area is 113 Å². The van der Waals surface area contributed by atoms with Crippen LogP contribution in [0, 0.1) is 10.1 Å². The van der Waals surface area contributed by atoms with Crippen molar-refractivity contribution in [3.63, 3.8) is 0 Å². The number of ether oxygens (including phenoxy) is 1. The SMILES string of the molecule is CCO[C@H](C)C(=O)Nc1ccc(Br)c([N+](=O)[O-])c1. The van der Waals surface area contributed by atoms with Crippen LogP contribution in [0.25, 0.3) is 0 Å². The number of rotatable bonds is 5. The van der Waals surface area contributed by atoms with Crippen LogP contribution in [0.15, 0.2) is 22.7 Å². The number of carbonyl (C=O) groups excluding carboxylic acids is 1. The lowest BCUT2D eigenvalue weighted by molar-refractivity contribution is -0.385. The van der Waals surface area contributed by atoms with E-state index >= 15 is 0 Å². The molecule has 1 N–H and O–H groups in total. The number of nitrogens with zero attached hydrogens (tertiary/aromatic N) is 1. The summed E-state index contributed by atoms with van der Waals surface area (Å²) in [6.07, 6.45) is -0.599. The fraction of sp³-hybridized carbons (Fsp3) is 0.364. The predicted molar refractivity (Wildman–Crippen MR) is 70.5 cm³/mol. The van der Waals surface area contributed by atoms with Crippen molar-refractivity contribution >= 4 is 33.2 Å². The number of hydrogen-bond acceptors (Lipinski definition) is 4. The van der Waals surface area contributed by atoms with Crippen molar-refractivity contribution in [1.29, 1.82) is 0 Å². The summed E-state index contributed by atoms with van der Waals surface area (Å²) in [5.41, 5.74) is 0.262. The molecule has 1 rings (SSSR count). The zero-order valence-electron chi connectivity index (χ0n) is 9.97. The molecule has 0 bridgehead atoms. The first-order chi connectivity index (χ1) is 8.45. The summed E-state index contributed by atoms with van der Waals surface area (Å²) in [4.78, 5) is 21.9. The van der Waals surface area contributed by atoms with Gasteiger partial charge in [-0.2, -0.15) is 0 Å². The first kappa shape index (κ1) is 14.6. The van der Waals surface area contributed by atoms with Crippen molar-refractivity contribution < 1.29 is 14.5 Å². The van der Waals surface area contributed by atoms with Gasteiger partial charge >= 0.3 is 0 Å². The normalized spacial score (nSPS) is 11.9. The monoisotopic (exact) mass is 316 g/mol. The van der Waals surface area contributed by atoms with Crippen molar-refractivity contribution in [3.05, 3.63) is 32.8 Å². The van der Waals surface area contributed by atoms with E-state index in [1.54, 1.807) is 19.9 Å². The number of nitro benzene ring substituents is 1. The molecule has 1 aromatic rings. The van der Waals surface area contributed by atoms with Crippen molar-refractivity contribution in [2.24, 2.45) is 0 Å². The summed E-state index contributed by atoms with van der Waals surface area (Å²) >= 11 is 3.07. The number of nitrogens with one attached hydrogen (secondary N) is 1. The van der Waals surface area contributed by atoms with Gasteiger partial charge in [0.2, 0.25) is 0 Å². The second kappa shape index (κ2) is 6.46. The third kappa shape index (κ3) is 3.78. The maximum absolute atomic E-state index is 11.7. The minimum Gasteiger partial charge on any atom is -0.369 e. The molecular weight excluding hydrogens is 304 g/mol. The zero-order valence-corrected chi connectivity index (χ0v) is 11.6. The molecule has 0 fully saturated rings. The largest absolute Gasteiger partial charge is 0.369 e. The zero-order chi connectivity index (χ0) is 13.7. The summed E-state index contributed by atoms with van der Waals surface area (Å²) in [6.45, 7) is 3.83. The molecular formula is C11H13BrN2O4. The molecule has 0 radical (unpaired) electrons. The lowest BCUT2D eigenvalue weighted by Crippen LogP contribution is -2.27. The molecule has 0 saturated carbocycles. The molecule has 1 atom stereocenters. The van der Waals surface area contributed by atoms with Gasteiger partial charge in [-0.25, -0.2) is 0 Å². The summed E-state index contributed by atoms with van der Waals surface area (Å²) in [5, 5.41) is 13.3. The number of nitro groups is 1. The standard InChI is InChI=1S/C11H13BrN2O4/c1-3-18-7(2)11(15)13-8-4-5-9(12)10(6-8)14(16)17/h4-7H,3H2,1-2H3,(H,13,15)/t7-/m1/s1. The minimum absolute atomic E-state index is 0.100. The van der Waals surface area contributed by atoms with E-state index in [0.29, 0.717) is 16.8 Å². The van der Waals surface area contributed by atoms with E-state index in [4.69, 9.17) is 4.74 Å². The maximum atomic E-state index is 11.7. The smallest absolute Gasteiger partial charge is 0.285 e. The molecule has 0 aliphatic carbocycles. The number of hydrogen-bond donors (Lipinski definition) is 1. The van der Waals surface area contributed by atoms with Crippen molar-refractivity contribution in [3.8, 4) is 0 Å². The Morgan fingerprint density at radius 1 is 1.61 bits per heavy atom. The quantitative estimate of drug-likeness (QED) is 0.669. The Morgan fingerprint density at radius 2 is 2.28 bits per heavy atom. The predicted octanol–water partition coefficient (Wildman–Crippen LogP) is 2.72. The first-order valence-electron chi connectivity index (χ1n) is 5.32. The highest BCUT2D eigenvalue weighted by Crippen LogP contribution is 2.27. The van der Waals surface area contributed by atoms with Gasteiger partial charge in [-0.05, 0) is 41.9 Å². The van der Waals surface area contributed by atoms with Gasteiger partial charge in [-0.15, -0.1) is 0 Å². The molecule has 1 aromatic carbocycles. The number of halogens is 1. The number of amides is 1. The third-order valence-corrected chi connectivity index (χ3v) is 2.87. The van der Waals surface area contributed by atoms with Gasteiger partial charge in [0.25, 0.3) is 11.6 Å². The number of benzene rings is 1. The van der Waals surface area contributed by atoms with Gasteiger partial charge < -0.3 is 10.1 Å². The van der Waals surface area contributed by atoms with Gasteiger partial charge in [-0.3, -0.25) is 14.9 Å². The Hall–Kier alpha value is -1.47. The van der Waals surface area contributed by atoms with Gasteiger partial charge in [0.15, 0.2) is 0 Å². The Bertz CT molecular complexity index is 464. The van der Waals surface area contributed by atoms with E-state index in [1.807, 2.05) is 0 Å². The molecule has 0 aromatic heterocycles. The molecule has 18 heavy (non-hydrogen) atoms. The highest BCUT2D eigenvalue weighted by atomic mass is 79.9. The average molecular weight is 317 g/mol. The molecule has 0 saturated heterocycles. The van der Waals surface area contributed by atoms with E-state index in [-0.39, 0.29) is 11.6 Å². The minimum atomic E-state index is -0.599. The van der Waals surface area contributed by atoms with E-state index in [9.17, 15) is 14.9 Å². The Balaban J connectivity index is 2.82. The summed E-state index contributed by atoms with van der Waals surface area (Å²) in [6, 6.07) is 4.38. The lowest BCUT2D eigenvalue weighted by atomic mass is 10.2. The number of anilines is 1. The van der Waals surface area contributed by atoms with Crippen LogP contribution in [0.4, 0.5) is 11.4 Å². The maximum Gasteiger partial charge on any atom is 0.285 e. The molecule has 0 spiro atoms. The van der Waals surface area contributed by atoms with Gasteiger partial charge in [-0.1, -0.05) is 0 Å². The molecule has 0 aliphatic rings. The van der Waals surface area contributed by atoms with Crippen LogP contribution in [-0.2, 0) is 9.53 Å². The van der Waals surface area contributed by atoms with E-state index < -0.39 is 11.0 Å². The van der Waals surface area contributed by atoms with E-state index in [0.717, 1.165) is 0 Å². The first-order valence-corrected chi connectivity index (χ1v) is 6.11. The Kier molecular flexibility index (Phi) is 5.24. The van der Waals surface area contributed by atoms with E-state index in [2.05, 4.69) is 21.2 Å². The van der Waals surface area contributed by atoms with Crippen LogP contribution in [0.1, 0.15) is 13.8 Å². The fourth-order valence-electron chi connectivity index (χ4n) is 1.30. The van der Waals surface area contributed by atoms with Crippen LogP contribution in [0.2, 0.25) is 0 Å². The van der Waals surface area contributed by atoms with Crippen molar-refractivity contribution in [1.82, 2.24) is 0 Å². The summed E-state index contributed by atoms with van der Waals surface area (Å²) in [7, 11) is 0. The van der Waals surface area contributed by atoms with Crippen molar-refractivity contribution in [2.45, 2.75) is 20.0 Å². The second-order valence-corrected chi connectivity index (χ2v) is 4.36. The topological polar surface area (TPSA) is 81.5 Å². The molecule has 1 amide bonds. The van der Waals surface area contributed by atoms with Crippen LogP contribution < -0.4 is 5.32 Å². The van der Waals surface area contributed by atoms with Crippen molar-refractivity contribution in [2.75, 3.05) is 11.9 Å². The average Bonchev–Trinajstić information content (AvgIpc) is 2.31. The molecule has 0 heterocycles. The van der Waals surface area contributed by atoms with Gasteiger partial charge in [0, 0.05) is 18.4 Å². The molecule has 6 nitrogen and oxygen atoms in total. The molecule has 98 valence electrons. The highest BCUT2D eigenvalue weighted by molar-refractivity contribution is 9.10. The van der Waals surface area contributed by atoms with Crippen LogP contribution >= 0.6 is 15.9 Å². The molecule has 0 unspecified atom stereocenters. The van der Waals surface area contributed by atoms with E-state index in [1.165, 1.54) is 12.1 Å². The van der Waals surface area contributed by atoms with Crippen LogP contribution in [0.5, 0.6) is 0 Å².